The van der Waals surface area contributed by atoms with Gasteiger partial charge in [0.1, 0.15) is 5.75 Å². The number of hydrogen-bond acceptors (Lipinski definition) is 3. The number of nitrogens with zero attached hydrogens (tertiary/aromatic N) is 2. The summed E-state index contributed by atoms with van der Waals surface area (Å²) in [4.78, 5) is 8.28. The summed E-state index contributed by atoms with van der Waals surface area (Å²) in [7, 11) is 0. The Hall–Kier alpha value is -2.42. The van der Waals surface area contributed by atoms with Crippen molar-refractivity contribution in [3.8, 4) is 16.9 Å². The molecule has 0 bridgehead atoms. The zero-order valence-corrected chi connectivity index (χ0v) is 9.04. The Morgan fingerprint density at radius 2 is 1.88 bits per heavy atom. The van der Waals surface area contributed by atoms with Crippen LogP contribution in [0.25, 0.3) is 22.0 Å². The van der Waals surface area contributed by atoms with Crippen molar-refractivity contribution in [3.05, 3.63) is 55.0 Å². The monoisotopic (exact) mass is 222 g/mol. The Labute approximate surface area is 98.4 Å². The molecule has 3 nitrogen and oxygen atoms in total. The minimum absolute atomic E-state index is 0.170. The van der Waals surface area contributed by atoms with Gasteiger partial charge in [-0.1, -0.05) is 18.2 Å². The van der Waals surface area contributed by atoms with E-state index in [1.807, 2.05) is 30.3 Å². The molecule has 3 rings (SSSR count). The highest BCUT2D eigenvalue weighted by atomic mass is 16.3. The normalized spacial score (nSPS) is 10.6. The van der Waals surface area contributed by atoms with E-state index in [1.165, 1.54) is 6.20 Å². The highest BCUT2D eigenvalue weighted by molar-refractivity contribution is 5.84. The van der Waals surface area contributed by atoms with Gasteiger partial charge < -0.3 is 5.11 Å². The second-order valence-corrected chi connectivity index (χ2v) is 3.84. The first-order valence-electron chi connectivity index (χ1n) is 5.32. The van der Waals surface area contributed by atoms with E-state index in [9.17, 15) is 5.11 Å². The number of hydrogen-bond donors (Lipinski definition) is 1. The van der Waals surface area contributed by atoms with Gasteiger partial charge >= 0.3 is 0 Å². The van der Waals surface area contributed by atoms with Crippen LogP contribution in [0.2, 0.25) is 0 Å². The van der Waals surface area contributed by atoms with Crippen LogP contribution in [-0.2, 0) is 0 Å². The van der Waals surface area contributed by atoms with Crippen molar-refractivity contribution in [2.45, 2.75) is 0 Å². The van der Waals surface area contributed by atoms with Crippen molar-refractivity contribution in [2.75, 3.05) is 0 Å². The summed E-state index contributed by atoms with van der Waals surface area (Å²) in [5.41, 5.74) is 2.82. The van der Waals surface area contributed by atoms with Crippen LogP contribution in [0.4, 0.5) is 0 Å². The highest BCUT2D eigenvalue weighted by Gasteiger charge is 2.01. The maximum absolute atomic E-state index is 9.41. The lowest BCUT2D eigenvalue weighted by Crippen LogP contribution is -1.82. The van der Waals surface area contributed by atoms with Crippen LogP contribution in [-0.4, -0.2) is 15.1 Å². The predicted octanol–water partition coefficient (Wildman–Crippen LogP) is 3.00. The molecule has 0 radical (unpaired) electrons. The molecule has 0 atom stereocenters. The number of aromatic hydroxyl groups is 1. The summed E-state index contributed by atoms with van der Waals surface area (Å²) in [6.07, 6.45) is 4.92. The Bertz CT molecular complexity index is 680. The summed E-state index contributed by atoms with van der Waals surface area (Å²) in [6.45, 7) is 0. The van der Waals surface area contributed by atoms with Gasteiger partial charge in [-0.05, 0) is 23.8 Å². The topological polar surface area (TPSA) is 46.0 Å². The van der Waals surface area contributed by atoms with Crippen molar-refractivity contribution in [3.63, 3.8) is 0 Å². The molecule has 0 amide bonds. The van der Waals surface area contributed by atoms with Crippen LogP contribution in [0, 0.1) is 0 Å². The molecular formula is C14H10N2O. The molecule has 3 heteroatoms. The summed E-state index contributed by atoms with van der Waals surface area (Å²) < 4.78 is 0. The standard InChI is InChI=1S/C14H10N2O/c17-13-6-12(8-15-9-13)11-4-3-10-2-1-5-16-14(10)7-11/h1-9,17H. The summed E-state index contributed by atoms with van der Waals surface area (Å²) in [5, 5.41) is 10.5. The first-order chi connectivity index (χ1) is 8.33. The van der Waals surface area contributed by atoms with Gasteiger partial charge in [0.25, 0.3) is 0 Å². The average molecular weight is 222 g/mol. The van der Waals surface area contributed by atoms with E-state index >= 15 is 0 Å². The van der Waals surface area contributed by atoms with Crippen LogP contribution in [0.3, 0.4) is 0 Å². The van der Waals surface area contributed by atoms with E-state index in [-0.39, 0.29) is 5.75 Å². The van der Waals surface area contributed by atoms with Gasteiger partial charge in [0.05, 0.1) is 11.7 Å². The molecule has 0 unspecified atom stereocenters. The molecule has 0 aliphatic rings. The molecule has 0 aliphatic carbocycles. The third-order valence-corrected chi connectivity index (χ3v) is 2.66. The molecule has 82 valence electrons. The molecule has 3 aromatic rings. The maximum Gasteiger partial charge on any atom is 0.134 e. The molecule has 0 spiro atoms. The van der Waals surface area contributed by atoms with E-state index in [1.54, 1.807) is 18.5 Å². The summed E-state index contributed by atoms with van der Waals surface area (Å²) in [5.74, 6) is 0.170. The zero-order chi connectivity index (χ0) is 11.7. The Morgan fingerprint density at radius 1 is 0.941 bits per heavy atom. The summed E-state index contributed by atoms with van der Waals surface area (Å²) in [6, 6.07) is 11.6. The maximum atomic E-state index is 9.41. The van der Waals surface area contributed by atoms with Gasteiger partial charge in [0, 0.05) is 23.3 Å². The van der Waals surface area contributed by atoms with Gasteiger partial charge in [0.2, 0.25) is 0 Å². The number of fused-ring (bicyclic) bond motifs is 1. The van der Waals surface area contributed by atoms with Gasteiger partial charge in [-0.2, -0.15) is 0 Å². The minimum Gasteiger partial charge on any atom is -0.506 e. The molecule has 0 fully saturated rings. The molecule has 0 saturated heterocycles. The van der Waals surface area contributed by atoms with Gasteiger partial charge in [0.15, 0.2) is 0 Å². The minimum atomic E-state index is 0.170. The molecule has 2 aromatic heterocycles. The first kappa shape index (κ1) is 9.78. The Balaban J connectivity index is 2.18. The molecule has 0 saturated carbocycles. The molecule has 0 aliphatic heterocycles. The van der Waals surface area contributed by atoms with E-state index in [2.05, 4.69) is 9.97 Å². The number of aromatic nitrogens is 2. The predicted molar refractivity (Wildman–Crippen MR) is 66.6 cm³/mol. The lowest BCUT2D eigenvalue weighted by Gasteiger charge is -2.03. The first-order valence-corrected chi connectivity index (χ1v) is 5.32. The van der Waals surface area contributed by atoms with Crippen molar-refractivity contribution >= 4 is 10.9 Å². The van der Waals surface area contributed by atoms with Crippen molar-refractivity contribution in [2.24, 2.45) is 0 Å². The van der Waals surface area contributed by atoms with E-state index in [0.29, 0.717) is 0 Å². The van der Waals surface area contributed by atoms with Crippen LogP contribution >= 0.6 is 0 Å². The van der Waals surface area contributed by atoms with Crippen molar-refractivity contribution in [1.82, 2.24) is 9.97 Å². The zero-order valence-electron chi connectivity index (χ0n) is 9.04. The van der Waals surface area contributed by atoms with Crippen LogP contribution < -0.4 is 0 Å². The fourth-order valence-electron chi connectivity index (χ4n) is 1.83. The lowest BCUT2D eigenvalue weighted by molar-refractivity contribution is 0.473. The highest BCUT2D eigenvalue weighted by Crippen LogP contribution is 2.24. The Kier molecular flexibility index (Phi) is 2.22. The average Bonchev–Trinajstić information content (AvgIpc) is 2.38. The van der Waals surface area contributed by atoms with Gasteiger partial charge in [-0.15, -0.1) is 0 Å². The van der Waals surface area contributed by atoms with Crippen LogP contribution in [0.15, 0.2) is 55.0 Å². The fraction of sp³-hybridized carbons (Fsp3) is 0. The van der Waals surface area contributed by atoms with E-state index in [0.717, 1.165) is 22.0 Å². The molecule has 2 heterocycles. The second kappa shape index (κ2) is 3.87. The van der Waals surface area contributed by atoms with E-state index < -0.39 is 0 Å². The van der Waals surface area contributed by atoms with Crippen LogP contribution in [0.1, 0.15) is 0 Å². The molecule has 17 heavy (non-hydrogen) atoms. The van der Waals surface area contributed by atoms with Gasteiger partial charge in [-0.25, -0.2) is 0 Å². The molecule has 1 N–H and O–H groups in total. The SMILES string of the molecule is Oc1cncc(-c2ccc3cccnc3c2)c1. The van der Waals surface area contributed by atoms with Crippen molar-refractivity contribution in [1.29, 1.82) is 0 Å². The third-order valence-electron chi connectivity index (χ3n) is 2.66. The largest absolute Gasteiger partial charge is 0.506 e. The molecular weight excluding hydrogens is 212 g/mol. The third kappa shape index (κ3) is 1.83. The van der Waals surface area contributed by atoms with E-state index in [4.69, 9.17) is 0 Å². The summed E-state index contributed by atoms with van der Waals surface area (Å²) >= 11 is 0. The fourth-order valence-corrected chi connectivity index (χ4v) is 1.83. The number of benzene rings is 1. The van der Waals surface area contributed by atoms with Crippen LogP contribution in [0.5, 0.6) is 5.75 Å². The second-order valence-electron chi connectivity index (χ2n) is 3.84. The quantitative estimate of drug-likeness (QED) is 0.688. The Morgan fingerprint density at radius 3 is 2.76 bits per heavy atom. The lowest BCUT2D eigenvalue weighted by atomic mass is 10.1. The van der Waals surface area contributed by atoms with Crippen molar-refractivity contribution < 1.29 is 5.11 Å². The number of pyridine rings is 2. The smallest absolute Gasteiger partial charge is 0.134 e. The molecule has 1 aromatic carbocycles. The number of rotatable bonds is 1. The van der Waals surface area contributed by atoms with Gasteiger partial charge in [-0.3, -0.25) is 9.97 Å².